The first-order chi connectivity index (χ1) is 8.06. The van der Waals surface area contributed by atoms with Gasteiger partial charge in [-0.2, -0.15) is 0 Å². The van der Waals surface area contributed by atoms with E-state index < -0.39 is 11.9 Å². The number of aliphatic carboxylic acids is 1. The third-order valence-corrected chi connectivity index (χ3v) is 3.51. The number of anilines is 1. The van der Waals surface area contributed by atoms with Crippen LogP contribution >= 0.6 is 0 Å². The van der Waals surface area contributed by atoms with Crippen molar-refractivity contribution in [1.29, 1.82) is 0 Å². The van der Waals surface area contributed by atoms with E-state index in [0.717, 1.165) is 23.5 Å². The molecule has 1 heterocycles. The van der Waals surface area contributed by atoms with Gasteiger partial charge in [-0.1, -0.05) is 13.0 Å². The molecular weight excluding hydrogens is 218 g/mol. The second kappa shape index (κ2) is 4.28. The van der Waals surface area contributed by atoms with Gasteiger partial charge in [-0.25, -0.2) is 0 Å². The predicted molar refractivity (Wildman–Crippen MR) is 65.8 cm³/mol. The van der Waals surface area contributed by atoms with E-state index in [-0.39, 0.29) is 5.92 Å². The van der Waals surface area contributed by atoms with Crippen molar-refractivity contribution >= 4 is 11.7 Å². The van der Waals surface area contributed by atoms with Crippen molar-refractivity contribution in [2.45, 2.75) is 12.8 Å². The maximum atomic E-state index is 11.1. The molecule has 0 aromatic heterocycles. The lowest BCUT2D eigenvalue weighted by Gasteiger charge is -2.17. The van der Waals surface area contributed by atoms with Gasteiger partial charge in [0.1, 0.15) is 5.75 Å². The van der Waals surface area contributed by atoms with Crippen molar-refractivity contribution < 1.29 is 14.6 Å². The standard InChI is InChI=1S/C13H17NO3/c1-8(13(15)16)9-7-14(2)10-5-4-6-11(17-3)12(9)10/h4-6,8-9H,7H2,1-3H3,(H,15,16). The Kier molecular flexibility index (Phi) is 2.96. The molecule has 1 aliphatic rings. The van der Waals surface area contributed by atoms with Gasteiger partial charge in [-0.05, 0) is 12.1 Å². The van der Waals surface area contributed by atoms with Gasteiger partial charge in [0, 0.05) is 30.8 Å². The fourth-order valence-corrected chi connectivity index (χ4v) is 2.48. The summed E-state index contributed by atoms with van der Waals surface area (Å²) in [4.78, 5) is 13.2. The van der Waals surface area contributed by atoms with E-state index in [2.05, 4.69) is 4.90 Å². The van der Waals surface area contributed by atoms with E-state index in [1.807, 2.05) is 25.2 Å². The fraction of sp³-hybridized carbons (Fsp3) is 0.462. The Morgan fingerprint density at radius 3 is 2.88 bits per heavy atom. The number of likely N-dealkylation sites (N-methyl/N-ethyl adjacent to an activating group) is 1. The van der Waals surface area contributed by atoms with Crippen molar-refractivity contribution in [1.82, 2.24) is 0 Å². The average molecular weight is 235 g/mol. The van der Waals surface area contributed by atoms with Crippen LogP contribution in [0.2, 0.25) is 0 Å². The summed E-state index contributed by atoms with van der Waals surface area (Å²) >= 11 is 0. The third kappa shape index (κ3) is 1.84. The first kappa shape index (κ1) is 11.8. The molecule has 4 heteroatoms. The Hall–Kier alpha value is -1.71. The Morgan fingerprint density at radius 1 is 1.59 bits per heavy atom. The lowest BCUT2D eigenvalue weighted by Crippen LogP contribution is -2.24. The van der Waals surface area contributed by atoms with Crippen molar-refractivity contribution in [3.63, 3.8) is 0 Å². The molecule has 1 aromatic rings. The highest BCUT2D eigenvalue weighted by molar-refractivity contribution is 5.75. The summed E-state index contributed by atoms with van der Waals surface area (Å²) in [5.41, 5.74) is 2.09. The normalized spacial score (nSPS) is 19.9. The van der Waals surface area contributed by atoms with Crippen LogP contribution in [0.3, 0.4) is 0 Å². The molecule has 2 atom stereocenters. The molecule has 17 heavy (non-hydrogen) atoms. The maximum Gasteiger partial charge on any atom is 0.306 e. The Morgan fingerprint density at radius 2 is 2.29 bits per heavy atom. The summed E-state index contributed by atoms with van der Waals surface area (Å²) in [7, 11) is 3.60. The van der Waals surface area contributed by atoms with Gasteiger partial charge in [-0.15, -0.1) is 0 Å². The molecule has 1 N–H and O–H groups in total. The zero-order valence-electron chi connectivity index (χ0n) is 10.3. The number of rotatable bonds is 3. The SMILES string of the molecule is COc1cccc2c1C(C(C)C(=O)O)CN2C. The monoisotopic (exact) mass is 235 g/mol. The van der Waals surface area contributed by atoms with Crippen LogP contribution in [-0.4, -0.2) is 31.8 Å². The lowest BCUT2D eigenvalue weighted by atomic mass is 9.88. The molecule has 0 radical (unpaired) electrons. The minimum atomic E-state index is -0.762. The number of nitrogens with zero attached hydrogens (tertiary/aromatic N) is 1. The largest absolute Gasteiger partial charge is 0.496 e. The van der Waals surface area contributed by atoms with Crippen LogP contribution in [0.25, 0.3) is 0 Å². The number of ether oxygens (including phenoxy) is 1. The second-order valence-electron chi connectivity index (χ2n) is 4.51. The molecule has 0 saturated carbocycles. The summed E-state index contributed by atoms with van der Waals surface area (Å²) < 4.78 is 5.35. The quantitative estimate of drug-likeness (QED) is 0.870. The predicted octanol–water partition coefficient (Wildman–Crippen LogP) is 1.95. The van der Waals surface area contributed by atoms with E-state index in [1.54, 1.807) is 14.0 Å². The van der Waals surface area contributed by atoms with E-state index in [9.17, 15) is 4.79 Å². The molecule has 0 spiro atoms. The Bertz CT molecular complexity index is 444. The van der Waals surface area contributed by atoms with Gasteiger partial charge in [0.05, 0.1) is 13.0 Å². The van der Waals surface area contributed by atoms with Gasteiger partial charge in [0.25, 0.3) is 0 Å². The number of hydrogen-bond donors (Lipinski definition) is 1. The molecule has 2 rings (SSSR count). The van der Waals surface area contributed by atoms with Crippen molar-refractivity contribution in [3.8, 4) is 5.75 Å². The minimum absolute atomic E-state index is 0.0105. The molecule has 4 nitrogen and oxygen atoms in total. The average Bonchev–Trinajstić information content (AvgIpc) is 2.66. The number of hydrogen-bond acceptors (Lipinski definition) is 3. The number of carboxylic acid groups (broad SMARTS) is 1. The first-order valence-corrected chi connectivity index (χ1v) is 5.67. The minimum Gasteiger partial charge on any atom is -0.496 e. The van der Waals surface area contributed by atoms with Gasteiger partial charge < -0.3 is 14.7 Å². The van der Waals surface area contributed by atoms with Crippen molar-refractivity contribution in [3.05, 3.63) is 23.8 Å². The Labute approximate surface area is 101 Å². The summed E-state index contributed by atoms with van der Waals surface area (Å²) in [6.45, 7) is 2.48. The lowest BCUT2D eigenvalue weighted by molar-refractivity contribution is -0.141. The molecule has 92 valence electrons. The molecule has 0 amide bonds. The van der Waals surface area contributed by atoms with Crippen LogP contribution in [0, 0.1) is 5.92 Å². The number of fused-ring (bicyclic) bond motifs is 1. The first-order valence-electron chi connectivity index (χ1n) is 5.67. The van der Waals surface area contributed by atoms with Crippen LogP contribution in [0.5, 0.6) is 5.75 Å². The number of benzene rings is 1. The zero-order chi connectivity index (χ0) is 12.6. The van der Waals surface area contributed by atoms with Crippen LogP contribution in [0.4, 0.5) is 5.69 Å². The van der Waals surface area contributed by atoms with Crippen molar-refractivity contribution in [2.24, 2.45) is 5.92 Å². The Balaban J connectivity index is 2.48. The third-order valence-electron chi connectivity index (χ3n) is 3.51. The highest BCUT2D eigenvalue weighted by Crippen LogP contribution is 2.44. The highest BCUT2D eigenvalue weighted by atomic mass is 16.5. The molecule has 1 aromatic carbocycles. The molecule has 1 aliphatic heterocycles. The summed E-state index contributed by atoms with van der Waals surface area (Å²) in [5.74, 6) is -0.397. The number of carboxylic acids is 1. The molecule has 2 unspecified atom stereocenters. The van der Waals surface area contributed by atoms with Gasteiger partial charge in [0.2, 0.25) is 0 Å². The van der Waals surface area contributed by atoms with Gasteiger partial charge in [-0.3, -0.25) is 4.79 Å². The highest BCUT2D eigenvalue weighted by Gasteiger charge is 2.36. The molecular formula is C13H17NO3. The molecule has 0 aliphatic carbocycles. The topological polar surface area (TPSA) is 49.8 Å². The van der Waals surface area contributed by atoms with E-state index in [1.165, 1.54) is 0 Å². The van der Waals surface area contributed by atoms with Gasteiger partial charge in [0.15, 0.2) is 0 Å². The van der Waals surface area contributed by atoms with Crippen LogP contribution in [0.1, 0.15) is 18.4 Å². The fourth-order valence-electron chi connectivity index (χ4n) is 2.48. The zero-order valence-corrected chi connectivity index (χ0v) is 10.3. The van der Waals surface area contributed by atoms with Crippen LogP contribution in [0.15, 0.2) is 18.2 Å². The molecule has 0 bridgehead atoms. The van der Waals surface area contributed by atoms with Gasteiger partial charge >= 0.3 is 5.97 Å². The summed E-state index contributed by atoms with van der Waals surface area (Å²) in [5, 5.41) is 9.16. The smallest absolute Gasteiger partial charge is 0.306 e. The van der Waals surface area contributed by atoms with Crippen LogP contribution in [-0.2, 0) is 4.79 Å². The van der Waals surface area contributed by atoms with Crippen LogP contribution < -0.4 is 9.64 Å². The van der Waals surface area contributed by atoms with E-state index in [0.29, 0.717) is 0 Å². The summed E-state index contributed by atoms with van der Waals surface area (Å²) in [6.07, 6.45) is 0. The number of methoxy groups -OCH3 is 1. The number of carbonyl (C=O) groups is 1. The second-order valence-corrected chi connectivity index (χ2v) is 4.51. The van der Waals surface area contributed by atoms with E-state index >= 15 is 0 Å². The van der Waals surface area contributed by atoms with E-state index in [4.69, 9.17) is 9.84 Å². The molecule has 0 fully saturated rings. The summed E-state index contributed by atoms with van der Waals surface area (Å²) in [6, 6.07) is 5.83. The molecule has 0 saturated heterocycles. The maximum absolute atomic E-state index is 11.1. The van der Waals surface area contributed by atoms with Crippen molar-refractivity contribution in [2.75, 3.05) is 25.6 Å².